The van der Waals surface area contributed by atoms with Gasteiger partial charge in [0.25, 0.3) is 5.56 Å². The second-order valence-corrected chi connectivity index (χ2v) is 7.43. The molecule has 35 heavy (non-hydrogen) atoms. The number of nitrogens with zero attached hydrogens (tertiary/aromatic N) is 2. The Morgan fingerprint density at radius 2 is 1.71 bits per heavy atom. The van der Waals surface area contributed by atoms with Crippen molar-refractivity contribution < 1.29 is 32.2 Å². The van der Waals surface area contributed by atoms with E-state index in [1.165, 1.54) is 51.5 Å². The van der Waals surface area contributed by atoms with E-state index in [1.807, 2.05) is 0 Å². The Hall–Kier alpha value is -4.02. The molecule has 11 heteroatoms. The van der Waals surface area contributed by atoms with Gasteiger partial charge in [-0.25, -0.2) is 9.59 Å². The van der Waals surface area contributed by atoms with Gasteiger partial charge in [-0.05, 0) is 43.2 Å². The number of rotatable bonds is 7. The van der Waals surface area contributed by atoms with Gasteiger partial charge in [0, 0.05) is 12.3 Å². The molecule has 0 atom stereocenters. The molecule has 0 radical (unpaired) electrons. The van der Waals surface area contributed by atoms with Crippen molar-refractivity contribution in [2.75, 3.05) is 20.8 Å². The summed E-state index contributed by atoms with van der Waals surface area (Å²) in [6.07, 6.45) is -3.57. The van der Waals surface area contributed by atoms with Crippen molar-refractivity contribution in [3.8, 4) is 17.2 Å². The highest BCUT2D eigenvalue weighted by molar-refractivity contribution is 5.88. The Morgan fingerprint density at radius 1 is 1.03 bits per heavy atom. The largest absolute Gasteiger partial charge is 0.493 e. The topological polar surface area (TPSA) is 88.8 Å². The Balaban J connectivity index is 2.27. The van der Waals surface area contributed by atoms with E-state index in [2.05, 4.69) is 0 Å². The number of halogens is 3. The van der Waals surface area contributed by atoms with E-state index in [9.17, 15) is 27.6 Å². The van der Waals surface area contributed by atoms with Gasteiger partial charge in [-0.1, -0.05) is 12.1 Å². The first kappa shape index (κ1) is 25.6. The summed E-state index contributed by atoms with van der Waals surface area (Å²) in [5.41, 5.74) is -3.00. The minimum atomic E-state index is -4.61. The zero-order valence-electron chi connectivity index (χ0n) is 19.4. The third-order valence-corrected chi connectivity index (χ3v) is 5.39. The van der Waals surface area contributed by atoms with Gasteiger partial charge in [-0.2, -0.15) is 13.2 Å². The molecule has 0 saturated heterocycles. The van der Waals surface area contributed by atoms with Crippen molar-refractivity contribution in [1.29, 1.82) is 0 Å². The maximum Gasteiger partial charge on any atom is 0.416 e. The second kappa shape index (κ2) is 10.1. The van der Waals surface area contributed by atoms with E-state index in [0.717, 1.165) is 16.8 Å². The molecule has 3 aromatic rings. The van der Waals surface area contributed by atoms with Gasteiger partial charge in [0.2, 0.25) is 0 Å². The first-order valence-corrected chi connectivity index (χ1v) is 10.4. The van der Waals surface area contributed by atoms with Crippen LogP contribution in [0.2, 0.25) is 0 Å². The van der Waals surface area contributed by atoms with Crippen LogP contribution >= 0.6 is 0 Å². The van der Waals surface area contributed by atoms with E-state index < -0.39 is 41.1 Å². The van der Waals surface area contributed by atoms with Gasteiger partial charge in [-0.15, -0.1) is 0 Å². The normalized spacial score (nSPS) is 11.3. The number of methoxy groups -OCH3 is 2. The summed E-state index contributed by atoms with van der Waals surface area (Å²) in [6.45, 7) is 2.28. The third-order valence-electron chi connectivity index (χ3n) is 5.39. The van der Waals surface area contributed by atoms with E-state index in [1.54, 1.807) is 6.92 Å². The van der Waals surface area contributed by atoms with Gasteiger partial charge in [0.15, 0.2) is 11.5 Å². The summed E-state index contributed by atoms with van der Waals surface area (Å²) in [4.78, 5) is 38.9. The molecule has 0 saturated carbocycles. The fourth-order valence-electron chi connectivity index (χ4n) is 3.58. The number of benzene rings is 2. The second-order valence-electron chi connectivity index (χ2n) is 7.43. The molecule has 0 N–H and O–H groups in total. The summed E-state index contributed by atoms with van der Waals surface area (Å²) in [5.74, 6) is -0.315. The lowest BCUT2D eigenvalue weighted by molar-refractivity contribution is -0.138. The number of hydrogen-bond acceptors (Lipinski definition) is 6. The maximum absolute atomic E-state index is 13.4. The molecule has 0 spiro atoms. The van der Waals surface area contributed by atoms with Crippen LogP contribution in [0, 0.1) is 6.92 Å². The Kier molecular flexibility index (Phi) is 7.37. The molecule has 186 valence electrons. The smallest absolute Gasteiger partial charge is 0.416 e. The van der Waals surface area contributed by atoms with Crippen LogP contribution in [0.15, 0.2) is 52.2 Å². The first-order chi connectivity index (χ1) is 16.5. The zero-order chi connectivity index (χ0) is 25.9. The van der Waals surface area contributed by atoms with Crippen molar-refractivity contribution in [2.45, 2.75) is 26.6 Å². The quantitative estimate of drug-likeness (QED) is 0.469. The highest BCUT2D eigenvalue weighted by atomic mass is 19.4. The number of ether oxygens (including phenoxy) is 3. The van der Waals surface area contributed by atoms with Crippen LogP contribution in [0.1, 0.15) is 34.0 Å². The van der Waals surface area contributed by atoms with Gasteiger partial charge < -0.3 is 14.2 Å². The summed E-state index contributed by atoms with van der Waals surface area (Å²) < 4.78 is 57.3. The molecule has 2 aromatic carbocycles. The predicted molar refractivity (Wildman–Crippen MR) is 121 cm³/mol. The van der Waals surface area contributed by atoms with Crippen LogP contribution in [0.25, 0.3) is 5.69 Å². The number of esters is 1. The lowest BCUT2D eigenvalue weighted by atomic mass is 10.0. The van der Waals surface area contributed by atoms with Crippen LogP contribution < -0.4 is 20.7 Å². The fourth-order valence-corrected chi connectivity index (χ4v) is 3.58. The Morgan fingerprint density at radius 3 is 2.31 bits per heavy atom. The maximum atomic E-state index is 13.4. The molecule has 0 bridgehead atoms. The van der Waals surface area contributed by atoms with E-state index in [4.69, 9.17) is 14.2 Å². The number of carbonyl (C=O) groups excluding carboxylic acids is 1. The minimum absolute atomic E-state index is 0.0273. The first-order valence-electron chi connectivity index (χ1n) is 10.4. The standard InChI is InChI=1S/C24H23F3N2O6/c1-5-35-22(31)17-13-28(16-9-10-19(33-3)20(11-16)34-4)23(32)29(21(17)30)12-15-7-6-8-18(14(15)2)24(25,26)27/h6-11,13H,5,12H2,1-4H3. The molecule has 0 fully saturated rings. The summed E-state index contributed by atoms with van der Waals surface area (Å²) in [6, 6.07) is 7.98. The summed E-state index contributed by atoms with van der Waals surface area (Å²) in [7, 11) is 2.83. The van der Waals surface area contributed by atoms with Gasteiger partial charge in [-0.3, -0.25) is 13.9 Å². The number of alkyl halides is 3. The molecule has 0 aliphatic rings. The predicted octanol–water partition coefficient (Wildman–Crippen LogP) is 3.57. The highest BCUT2D eigenvalue weighted by Crippen LogP contribution is 2.33. The number of aromatic nitrogens is 2. The Labute approximate surface area is 198 Å². The molecule has 1 heterocycles. The van der Waals surface area contributed by atoms with E-state index in [0.29, 0.717) is 10.3 Å². The molecule has 1 aromatic heterocycles. The molecule has 0 unspecified atom stereocenters. The monoisotopic (exact) mass is 492 g/mol. The molecule has 0 amide bonds. The summed E-state index contributed by atoms with van der Waals surface area (Å²) in [5, 5.41) is 0. The lowest BCUT2D eigenvalue weighted by Gasteiger charge is -2.17. The fraction of sp³-hybridized carbons (Fsp3) is 0.292. The minimum Gasteiger partial charge on any atom is -0.493 e. The molecule has 0 aliphatic carbocycles. The molecular weight excluding hydrogens is 469 g/mol. The number of carbonyl (C=O) groups is 1. The average molecular weight is 492 g/mol. The highest BCUT2D eigenvalue weighted by Gasteiger charge is 2.33. The Bertz CT molecular complexity index is 1380. The number of hydrogen-bond donors (Lipinski definition) is 0. The van der Waals surface area contributed by atoms with Gasteiger partial charge in [0.05, 0.1) is 38.6 Å². The van der Waals surface area contributed by atoms with Crippen molar-refractivity contribution in [1.82, 2.24) is 9.13 Å². The van der Waals surface area contributed by atoms with Crippen LogP contribution in [0.5, 0.6) is 11.5 Å². The van der Waals surface area contributed by atoms with Gasteiger partial charge >= 0.3 is 17.8 Å². The van der Waals surface area contributed by atoms with E-state index in [-0.39, 0.29) is 29.2 Å². The molecule has 8 nitrogen and oxygen atoms in total. The van der Waals surface area contributed by atoms with Crippen LogP contribution in [0.3, 0.4) is 0 Å². The van der Waals surface area contributed by atoms with Crippen molar-refractivity contribution in [3.63, 3.8) is 0 Å². The van der Waals surface area contributed by atoms with Crippen LogP contribution in [-0.2, 0) is 17.5 Å². The zero-order valence-corrected chi connectivity index (χ0v) is 19.4. The summed E-state index contributed by atoms with van der Waals surface area (Å²) >= 11 is 0. The lowest BCUT2D eigenvalue weighted by Crippen LogP contribution is -2.42. The van der Waals surface area contributed by atoms with Gasteiger partial charge in [0.1, 0.15) is 5.56 Å². The van der Waals surface area contributed by atoms with Crippen LogP contribution in [-0.4, -0.2) is 35.9 Å². The van der Waals surface area contributed by atoms with E-state index >= 15 is 0 Å². The third kappa shape index (κ3) is 5.08. The molecule has 0 aliphatic heterocycles. The average Bonchev–Trinajstić information content (AvgIpc) is 2.81. The SMILES string of the molecule is CCOC(=O)c1cn(-c2ccc(OC)c(OC)c2)c(=O)n(Cc2cccc(C(F)(F)F)c2C)c1=O. The molecular formula is C24H23F3N2O6. The van der Waals surface area contributed by atoms with Crippen LogP contribution in [0.4, 0.5) is 13.2 Å². The van der Waals surface area contributed by atoms with Crippen molar-refractivity contribution >= 4 is 5.97 Å². The molecule has 3 rings (SSSR count). The van der Waals surface area contributed by atoms with Crippen molar-refractivity contribution in [2.24, 2.45) is 0 Å². The van der Waals surface area contributed by atoms with Crippen molar-refractivity contribution in [3.05, 3.63) is 85.7 Å².